The van der Waals surface area contributed by atoms with Crippen LogP contribution in [0.15, 0.2) is 48.6 Å². The van der Waals surface area contributed by atoms with Crippen molar-refractivity contribution >= 4 is 17.9 Å². The Hall–Kier alpha value is -2.63. The van der Waals surface area contributed by atoms with Crippen LogP contribution >= 0.6 is 0 Å². The molecule has 59 heavy (non-hydrogen) atoms. The molecule has 0 aliphatic carbocycles. The van der Waals surface area contributed by atoms with Gasteiger partial charge in [-0.15, -0.1) is 0 Å². The van der Waals surface area contributed by atoms with E-state index in [-0.39, 0.29) is 31.1 Å². The van der Waals surface area contributed by atoms with Crippen LogP contribution in [0.1, 0.15) is 252 Å². The first-order chi connectivity index (χ1) is 29.0. The smallest absolute Gasteiger partial charge is 0.306 e. The summed E-state index contributed by atoms with van der Waals surface area (Å²) in [5, 5.41) is 0. The molecule has 0 saturated heterocycles. The van der Waals surface area contributed by atoms with Gasteiger partial charge >= 0.3 is 17.9 Å². The number of carbonyl (C=O) groups excluding carboxylic acids is 3. The molecule has 0 aromatic carbocycles. The summed E-state index contributed by atoms with van der Waals surface area (Å²) >= 11 is 0. The standard InChI is InChI=1S/C53H94O6/c1-4-7-10-13-16-19-21-23-24-25-26-27-28-30-31-34-37-40-43-46-52(55)58-49-50(48-57-51(54)45-42-39-36-33-18-15-12-9-6-3)59-53(56)47-44-41-38-35-32-29-22-20-17-14-11-8-5-2/h8,11,14,17,20,22,25-26,50H,4-7,9-10,12-13,15-16,18-19,21,23-24,27-49H2,1-3H3/b11-8-,17-14-,22-20-,26-25-. The van der Waals surface area contributed by atoms with Crippen LogP contribution in [0.5, 0.6) is 0 Å². The minimum atomic E-state index is -0.781. The van der Waals surface area contributed by atoms with E-state index in [4.69, 9.17) is 14.2 Å². The first-order valence-corrected chi connectivity index (χ1v) is 25.2. The zero-order valence-electron chi connectivity index (χ0n) is 39.0. The van der Waals surface area contributed by atoms with Crippen molar-refractivity contribution in [2.45, 2.75) is 258 Å². The van der Waals surface area contributed by atoms with Crippen molar-refractivity contribution in [1.82, 2.24) is 0 Å². The number of hydrogen-bond acceptors (Lipinski definition) is 6. The monoisotopic (exact) mass is 827 g/mol. The molecule has 0 heterocycles. The quantitative estimate of drug-likeness (QED) is 0.0200. The molecule has 0 aromatic heterocycles. The third-order valence-electron chi connectivity index (χ3n) is 10.9. The first-order valence-electron chi connectivity index (χ1n) is 25.2. The second-order valence-electron chi connectivity index (χ2n) is 16.8. The van der Waals surface area contributed by atoms with Crippen LogP contribution in [0.4, 0.5) is 0 Å². The lowest BCUT2D eigenvalue weighted by Gasteiger charge is -2.18. The van der Waals surface area contributed by atoms with E-state index in [1.807, 2.05) is 0 Å². The molecule has 0 bridgehead atoms. The second-order valence-corrected chi connectivity index (χ2v) is 16.8. The topological polar surface area (TPSA) is 78.9 Å². The Balaban J connectivity index is 4.30. The fourth-order valence-corrected chi connectivity index (χ4v) is 7.08. The van der Waals surface area contributed by atoms with Gasteiger partial charge in [-0.1, -0.05) is 217 Å². The minimum absolute atomic E-state index is 0.0814. The fourth-order valence-electron chi connectivity index (χ4n) is 7.08. The van der Waals surface area contributed by atoms with Crippen molar-refractivity contribution in [1.29, 1.82) is 0 Å². The van der Waals surface area contributed by atoms with E-state index in [1.165, 1.54) is 128 Å². The lowest BCUT2D eigenvalue weighted by molar-refractivity contribution is -0.167. The lowest BCUT2D eigenvalue weighted by Crippen LogP contribution is -2.30. The maximum atomic E-state index is 12.7. The van der Waals surface area contributed by atoms with Crippen LogP contribution in [0.25, 0.3) is 0 Å². The normalized spacial score (nSPS) is 12.4. The van der Waals surface area contributed by atoms with E-state index in [2.05, 4.69) is 69.4 Å². The van der Waals surface area contributed by atoms with E-state index in [1.54, 1.807) is 0 Å². The van der Waals surface area contributed by atoms with Gasteiger partial charge in [-0.3, -0.25) is 14.4 Å². The molecular weight excluding hydrogens is 733 g/mol. The molecule has 0 amide bonds. The lowest BCUT2D eigenvalue weighted by atomic mass is 10.1. The molecule has 1 unspecified atom stereocenters. The minimum Gasteiger partial charge on any atom is -0.462 e. The van der Waals surface area contributed by atoms with Crippen LogP contribution in [-0.4, -0.2) is 37.2 Å². The number of ether oxygens (including phenoxy) is 3. The third-order valence-corrected chi connectivity index (χ3v) is 10.9. The Kier molecular flexibility index (Phi) is 45.9. The molecule has 6 heteroatoms. The second kappa shape index (κ2) is 48.0. The SMILES string of the molecule is CC\C=C/C=C\C=C/CCCCCCCC(=O)OC(COC(=O)CCCCCCCCC/C=C\CCCCCCCCCC)COC(=O)CCCCCCCCCCC. The molecule has 0 spiro atoms. The highest BCUT2D eigenvalue weighted by molar-refractivity contribution is 5.71. The summed E-state index contributed by atoms with van der Waals surface area (Å²) < 4.78 is 16.7. The highest BCUT2D eigenvalue weighted by atomic mass is 16.6. The molecular formula is C53H94O6. The predicted molar refractivity (Wildman–Crippen MR) is 252 cm³/mol. The molecule has 0 aliphatic rings. The zero-order chi connectivity index (χ0) is 43.0. The summed E-state index contributed by atoms with van der Waals surface area (Å²) in [4.78, 5) is 37.8. The Morgan fingerprint density at radius 3 is 1.07 bits per heavy atom. The summed E-state index contributed by atoms with van der Waals surface area (Å²) in [5.74, 6) is -0.905. The van der Waals surface area contributed by atoms with E-state index < -0.39 is 6.10 Å². The van der Waals surface area contributed by atoms with Gasteiger partial charge in [0.2, 0.25) is 0 Å². The summed E-state index contributed by atoms with van der Waals surface area (Å²) in [6.45, 7) is 6.47. The van der Waals surface area contributed by atoms with Crippen LogP contribution < -0.4 is 0 Å². The number of unbranched alkanes of at least 4 members (excludes halogenated alkanes) is 28. The molecule has 0 aromatic rings. The van der Waals surface area contributed by atoms with Gasteiger partial charge < -0.3 is 14.2 Å². The number of rotatable bonds is 45. The predicted octanol–water partition coefficient (Wildman–Crippen LogP) is 16.3. The Labute approximate surface area is 365 Å². The van der Waals surface area contributed by atoms with Gasteiger partial charge in [0, 0.05) is 19.3 Å². The molecule has 0 rings (SSSR count). The number of esters is 3. The summed E-state index contributed by atoms with van der Waals surface area (Å²) in [6.07, 6.45) is 56.7. The molecule has 0 fully saturated rings. The highest BCUT2D eigenvalue weighted by Crippen LogP contribution is 2.15. The summed E-state index contributed by atoms with van der Waals surface area (Å²) in [7, 11) is 0. The highest BCUT2D eigenvalue weighted by Gasteiger charge is 2.19. The molecule has 0 radical (unpaired) electrons. The molecule has 1 atom stereocenters. The van der Waals surface area contributed by atoms with E-state index >= 15 is 0 Å². The van der Waals surface area contributed by atoms with Crippen molar-refractivity contribution in [3.8, 4) is 0 Å². The number of allylic oxidation sites excluding steroid dienone is 8. The van der Waals surface area contributed by atoms with Crippen LogP contribution in [0.2, 0.25) is 0 Å². The van der Waals surface area contributed by atoms with E-state index in [0.717, 1.165) is 83.5 Å². The number of hydrogen-bond donors (Lipinski definition) is 0. The van der Waals surface area contributed by atoms with Crippen molar-refractivity contribution in [2.24, 2.45) is 0 Å². The van der Waals surface area contributed by atoms with Gasteiger partial charge in [-0.05, 0) is 64.2 Å². The van der Waals surface area contributed by atoms with Crippen LogP contribution in [0.3, 0.4) is 0 Å². The van der Waals surface area contributed by atoms with Gasteiger partial charge in [-0.25, -0.2) is 0 Å². The zero-order valence-corrected chi connectivity index (χ0v) is 39.0. The number of carbonyl (C=O) groups is 3. The van der Waals surface area contributed by atoms with Crippen molar-refractivity contribution < 1.29 is 28.6 Å². The van der Waals surface area contributed by atoms with Gasteiger partial charge in [-0.2, -0.15) is 0 Å². The van der Waals surface area contributed by atoms with Crippen LogP contribution in [0, 0.1) is 0 Å². The molecule has 0 N–H and O–H groups in total. The largest absolute Gasteiger partial charge is 0.462 e. The third kappa shape index (κ3) is 46.3. The van der Waals surface area contributed by atoms with Crippen molar-refractivity contribution in [3.63, 3.8) is 0 Å². The van der Waals surface area contributed by atoms with Gasteiger partial charge in [0.15, 0.2) is 6.10 Å². The van der Waals surface area contributed by atoms with E-state index in [0.29, 0.717) is 19.3 Å². The summed E-state index contributed by atoms with van der Waals surface area (Å²) in [5.41, 5.74) is 0. The maximum Gasteiger partial charge on any atom is 0.306 e. The molecule has 6 nitrogen and oxygen atoms in total. The van der Waals surface area contributed by atoms with Gasteiger partial charge in [0.1, 0.15) is 13.2 Å². The average molecular weight is 827 g/mol. The Morgan fingerprint density at radius 2 is 0.678 bits per heavy atom. The summed E-state index contributed by atoms with van der Waals surface area (Å²) in [6, 6.07) is 0. The average Bonchev–Trinajstić information content (AvgIpc) is 3.23. The molecule has 342 valence electrons. The van der Waals surface area contributed by atoms with E-state index in [9.17, 15) is 14.4 Å². The van der Waals surface area contributed by atoms with Crippen LogP contribution in [-0.2, 0) is 28.6 Å². The maximum absolute atomic E-state index is 12.7. The molecule has 0 saturated carbocycles. The fraction of sp³-hybridized carbons (Fsp3) is 0.792. The Bertz CT molecular complexity index is 1040. The first kappa shape index (κ1) is 56.4. The Morgan fingerprint density at radius 1 is 0.356 bits per heavy atom. The van der Waals surface area contributed by atoms with Gasteiger partial charge in [0.25, 0.3) is 0 Å². The van der Waals surface area contributed by atoms with Crippen molar-refractivity contribution in [2.75, 3.05) is 13.2 Å². The van der Waals surface area contributed by atoms with Gasteiger partial charge in [0.05, 0.1) is 0 Å². The van der Waals surface area contributed by atoms with Crippen molar-refractivity contribution in [3.05, 3.63) is 48.6 Å². The molecule has 0 aliphatic heterocycles.